The van der Waals surface area contributed by atoms with Gasteiger partial charge in [0.15, 0.2) is 0 Å². The first-order chi connectivity index (χ1) is 34.2. The number of nitrogens with zero attached hydrogens (tertiary/aromatic N) is 4. The molecule has 4 nitrogen and oxygen atoms in total. The van der Waals surface area contributed by atoms with Gasteiger partial charge < -0.3 is 0 Å². The Balaban J connectivity index is 1.12. The van der Waals surface area contributed by atoms with E-state index in [-0.39, 0.29) is 11.1 Å². The summed E-state index contributed by atoms with van der Waals surface area (Å²) in [5.41, 5.74) is 10.3. The molecular weight excluding hydrogens is 929 g/mol. The van der Waals surface area contributed by atoms with E-state index in [1.165, 1.54) is 84.2 Å². The van der Waals surface area contributed by atoms with Crippen LogP contribution in [0.5, 0.6) is 0 Å². The predicted molar refractivity (Wildman–Crippen MR) is 296 cm³/mol. The van der Waals surface area contributed by atoms with E-state index < -0.39 is 0 Å². The van der Waals surface area contributed by atoms with Crippen LogP contribution < -0.4 is 20.9 Å². The van der Waals surface area contributed by atoms with Crippen LogP contribution in [0.1, 0.15) is 32.0 Å². The van der Waals surface area contributed by atoms with Crippen LogP contribution in [0, 0.1) is 73.0 Å². The summed E-state index contributed by atoms with van der Waals surface area (Å²) in [5, 5.41) is 48.4. The van der Waals surface area contributed by atoms with Crippen molar-refractivity contribution in [2.75, 3.05) is 0 Å². The van der Waals surface area contributed by atoms with E-state index in [1.807, 2.05) is 83.3 Å². The highest BCUT2D eigenvalue weighted by Gasteiger charge is 2.26. The maximum absolute atomic E-state index is 9.69. The van der Waals surface area contributed by atoms with Gasteiger partial charge in [0.05, 0.1) is 0 Å². The van der Waals surface area contributed by atoms with Gasteiger partial charge in [0.1, 0.15) is 35.4 Å². The van der Waals surface area contributed by atoms with Crippen LogP contribution in [0.25, 0.3) is 107 Å². The van der Waals surface area contributed by atoms with Crippen LogP contribution >= 0.6 is 45.3 Å². The molecule has 0 unspecified atom stereocenters. The van der Waals surface area contributed by atoms with Crippen LogP contribution in [-0.2, 0) is 0 Å². The third-order valence-corrected chi connectivity index (χ3v) is 17.9. The summed E-state index contributed by atoms with van der Waals surface area (Å²) in [5.74, 6) is 0. The minimum atomic E-state index is 0.111. The van der Waals surface area contributed by atoms with E-state index in [0.29, 0.717) is 10.4 Å². The molecule has 0 bridgehead atoms. The molecule has 70 heavy (non-hydrogen) atoms. The van der Waals surface area contributed by atoms with Gasteiger partial charge in [-0.1, -0.05) is 109 Å². The quantitative estimate of drug-likeness (QED) is 0.166. The second-order valence-electron chi connectivity index (χ2n) is 17.4. The number of thiophene rings is 4. The minimum absolute atomic E-state index is 0.111. The van der Waals surface area contributed by atoms with E-state index in [9.17, 15) is 21.0 Å². The Hall–Kier alpha value is -8.18. The molecular formula is C62H38N4S4. The molecule has 0 spiro atoms. The summed E-state index contributed by atoms with van der Waals surface area (Å²) in [6.07, 6.45) is 4.42. The lowest BCUT2D eigenvalue weighted by molar-refractivity contribution is 1.39. The van der Waals surface area contributed by atoms with E-state index in [2.05, 4.69) is 149 Å². The average molecular weight is 967 g/mol. The summed E-state index contributed by atoms with van der Waals surface area (Å²) in [7, 11) is 0. The van der Waals surface area contributed by atoms with Crippen molar-refractivity contribution in [1.29, 1.82) is 21.0 Å². The Labute approximate surface area is 420 Å². The molecule has 0 saturated heterocycles. The third-order valence-electron chi connectivity index (χ3n) is 13.2. The van der Waals surface area contributed by atoms with Gasteiger partial charge in [-0.15, -0.1) is 45.3 Å². The van der Waals surface area contributed by atoms with Crippen molar-refractivity contribution in [3.8, 4) is 66.0 Å². The van der Waals surface area contributed by atoms with Crippen LogP contribution in [0.2, 0.25) is 0 Å². The van der Waals surface area contributed by atoms with Crippen molar-refractivity contribution in [3.05, 3.63) is 198 Å². The highest BCUT2D eigenvalue weighted by atomic mass is 32.1. The topological polar surface area (TPSA) is 95.2 Å². The normalized spacial score (nSPS) is 11.8. The second kappa shape index (κ2) is 18.0. The Morgan fingerprint density at radius 2 is 0.729 bits per heavy atom. The van der Waals surface area contributed by atoms with Gasteiger partial charge in [0, 0.05) is 71.0 Å². The zero-order chi connectivity index (χ0) is 48.2. The van der Waals surface area contributed by atoms with Gasteiger partial charge >= 0.3 is 0 Å². The van der Waals surface area contributed by atoms with Crippen LogP contribution in [0.4, 0.5) is 0 Å². The predicted octanol–water partition coefficient (Wildman–Crippen LogP) is 14.5. The molecule has 0 aliphatic rings. The average Bonchev–Trinajstić information content (AvgIpc) is 4.21. The summed E-state index contributed by atoms with van der Waals surface area (Å²) in [6, 6.07) is 59.0. The highest BCUT2D eigenvalue weighted by Crippen LogP contribution is 2.54. The van der Waals surface area contributed by atoms with Crippen molar-refractivity contribution in [3.63, 3.8) is 0 Å². The first kappa shape index (κ1) is 44.3. The van der Waals surface area contributed by atoms with Crippen molar-refractivity contribution in [1.82, 2.24) is 0 Å². The van der Waals surface area contributed by atoms with E-state index in [4.69, 9.17) is 0 Å². The number of aryl methyl sites for hydroxylation is 4. The Morgan fingerprint density at radius 3 is 1.10 bits per heavy atom. The summed E-state index contributed by atoms with van der Waals surface area (Å²) in [6.45, 7) is 8.93. The zero-order valence-corrected chi connectivity index (χ0v) is 41.7. The van der Waals surface area contributed by atoms with Crippen molar-refractivity contribution >= 4 is 110 Å². The monoisotopic (exact) mass is 966 g/mol. The smallest absolute Gasteiger partial charge is 0.137 e. The summed E-state index contributed by atoms with van der Waals surface area (Å²) in [4.78, 5) is 7.06. The maximum Gasteiger partial charge on any atom is 0.137 e. The van der Waals surface area contributed by atoms with Crippen molar-refractivity contribution in [2.45, 2.75) is 27.7 Å². The molecule has 4 heterocycles. The van der Waals surface area contributed by atoms with Crippen LogP contribution in [0.3, 0.4) is 0 Å². The number of hydrogen-bond donors (Lipinski definition) is 0. The van der Waals surface area contributed by atoms with E-state index >= 15 is 0 Å². The van der Waals surface area contributed by atoms with Gasteiger partial charge in [-0.25, -0.2) is 0 Å². The van der Waals surface area contributed by atoms with Gasteiger partial charge in [-0.3, -0.25) is 0 Å². The molecule has 0 fully saturated rings. The molecule has 0 atom stereocenters. The van der Waals surface area contributed by atoms with Gasteiger partial charge in [-0.2, -0.15) is 21.0 Å². The molecule has 0 amide bonds. The number of benzene rings is 7. The van der Waals surface area contributed by atoms with Crippen molar-refractivity contribution in [2.24, 2.45) is 0 Å². The third kappa shape index (κ3) is 7.53. The Morgan fingerprint density at radius 1 is 0.357 bits per heavy atom. The summed E-state index contributed by atoms with van der Waals surface area (Å²) >= 11 is 7.29. The van der Waals surface area contributed by atoms with Crippen LogP contribution in [0.15, 0.2) is 146 Å². The molecule has 7 aromatic carbocycles. The molecule has 0 N–H and O–H groups in total. The fourth-order valence-corrected chi connectivity index (χ4v) is 14.5. The largest absolute Gasteiger partial charge is 0.192 e. The SMILES string of the molecule is Cc1cccc(C)c1-c1c2cc(-c3ccc(/C=c4\ccc(=C(C#N)C#N)c5ccccc45)s3)sc2c(-c2c(C)cccc2C)c2cc(-c3ccc(/C=c4\ccc(=C(C#N)C#N)c5ccccc45)s3)sc12. The fraction of sp³-hybridized carbons (Fsp3) is 0.0645. The van der Waals surface area contributed by atoms with Gasteiger partial charge in [0.25, 0.3) is 0 Å². The molecule has 0 aliphatic carbocycles. The summed E-state index contributed by atoms with van der Waals surface area (Å²) < 4.78 is 2.54. The minimum Gasteiger partial charge on any atom is -0.192 e. The van der Waals surface area contributed by atoms with E-state index in [0.717, 1.165) is 41.7 Å². The molecule has 0 aliphatic heterocycles. The molecule has 11 rings (SSSR count). The molecule has 330 valence electrons. The molecule has 0 saturated carbocycles. The zero-order valence-electron chi connectivity index (χ0n) is 38.4. The van der Waals surface area contributed by atoms with Crippen LogP contribution in [-0.4, -0.2) is 0 Å². The molecule has 4 aromatic heterocycles. The highest BCUT2D eigenvalue weighted by molar-refractivity contribution is 7.28. The number of rotatable bonds is 6. The van der Waals surface area contributed by atoms with Crippen molar-refractivity contribution < 1.29 is 0 Å². The first-order valence-corrected chi connectivity index (χ1v) is 25.9. The molecule has 8 heteroatoms. The second-order valence-corrected chi connectivity index (χ2v) is 21.7. The fourth-order valence-electron chi connectivity index (χ4n) is 9.98. The lowest BCUT2D eigenvalue weighted by atomic mass is 9.87. The first-order valence-electron chi connectivity index (χ1n) is 22.6. The van der Waals surface area contributed by atoms with Gasteiger partial charge in [0.2, 0.25) is 0 Å². The Bertz CT molecular complexity index is 4060. The standard InChI is InChI=1S/C62H38N4S4/c1-35-11-9-12-36(2)57(35)59-51-29-55(53-25-21-43(67-53)27-39-19-23-47(41(31-63)32-64)49-17-7-5-15-45(39)49)70-62(51)60(58-37(3)13-10-14-38(58)4)52-30-56(69-61(52)59)54-26-22-44(68-54)28-40-20-24-48(42(33-65)34-66)50-18-8-6-16-46(40)50/h5-30H,1-4H3/b39-27+,40-28+. The molecule has 11 aromatic rings. The van der Waals surface area contributed by atoms with Gasteiger partial charge in [-0.05, 0) is 142 Å². The number of fused-ring (bicyclic) bond motifs is 4. The Kier molecular flexibility index (Phi) is 11.4. The maximum atomic E-state index is 9.69. The molecule has 0 radical (unpaired) electrons. The lowest BCUT2D eigenvalue weighted by Crippen LogP contribution is -2.13. The van der Waals surface area contributed by atoms with E-state index in [1.54, 1.807) is 22.7 Å². The number of hydrogen-bond acceptors (Lipinski definition) is 8. The number of nitriles is 4. The lowest BCUT2D eigenvalue weighted by Gasteiger charge is -2.18.